The average Bonchev–Trinajstić information content (AvgIpc) is 2.19. The Bertz CT molecular complexity index is 413. The first-order valence-electron chi connectivity index (χ1n) is 5.42. The number of halogens is 2. The van der Waals surface area contributed by atoms with Crippen molar-refractivity contribution < 1.29 is 4.92 Å². The fourth-order valence-electron chi connectivity index (χ4n) is 2.04. The lowest BCUT2D eigenvalue weighted by atomic mass is 9.86. The topological polar surface area (TPSA) is 43.1 Å². The van der Waals surface area contributed by atoms with Gasteiger partial charge in [0.2, 0.25) is 0 Å². The van der Waals surface area contributed by atoms with Gasteiger partial charge in [0.25, 0.3) is 5.69 Å². The number of nitro groups is 1. The first kappa shape index (κ1) is 14.9. The Morgan fingerprint density at radius 2 is 1.94 bits per heavy atom. The lowest BCUT2D eigenvalue weighted by Crippen LogP contribution is -2.16. The van der Waals surface area contributed by atoms with E-state index in [1.165, 1.54) is 5.56 Å². The predicted molar refractivity (Wildman–Crippen MR) is 81.8 cm³/mol. The summed E-state index contributed by atoms with van der Waals surface area (Å²) < 4.78 is 0.960. The fourth-order valence-corrected chi connectivity index (χ4v) is 3.79. The van der Waals surface area contributed by atoms with Crippen molar-refractivity contribution in [3.8, 4) is 0 Å². The van der Waals surface area contributed by atoms with Crippen molar-refractivity contribution >= 4 is 44.2 Å². The fraction of sp³-hybridized carbons (Fsp3) is 0.500. The van der Waals surface area contributed by atoms with Gasteiger partial charge in [-0.25, -0.2) is 0 Å². The van der Waals surface area contributed by atoms with Gasteiger partial charge in [0.15, 0.2) is 0 Å². The molecule has 0 amide bonds. The molecular weight excluding hydrogens is 397 g/mol. The smallest absolute Gasteiger partial charge is 0.258 e. The standard InChI is InChI=1S/C12H15BrINO2/c1-7(2)12(8(3)13)10-5-4-9(15(16)17)6-11(10)14/h4-8,12H,1-3H3. The third-order valence-corrected chi connectivity index (χ3v) is 4.27. The molecule has 0 saturated carbocycles. The van der Waals surface area contributed by atoms with Gasteiger partial charge >= 0.3 is 0 Å². The molecule has 0 heterocycles. The maximum Gasteiger partial charge on any atom is 0.270 e. The molecule has 94 valence electrons. The van der Waals surface area contributed by atoms with E-state index >= 15 is 0 Å². The van der Waals surface area contributed by atoms with Crippen LogP contribution in [-0.4, -0.2) is 9.75 Å². The third kappa shape index (κ3) is 3.64. The lowest BCUT2D eigenvalue weighted by Gasteiger charge is -2.25. The summed E-state index contributed by atoms with van der Waals surface area (Å²) >= 11 is 5.80. The van der Waals surface area contributed by atoms with Crippen LogP contribution < -0.4 is 0 Å². The summed E-state index contributed by atoms with van der Waals surface area (Å²) in [4.78, 5) is 10.7. The SMILES string of the molecule is CC(C)C(c1ccc([N+](=O)[O-])cc1I)C(C)Br. The average molecular weight is 412 g/mol. The number of rotatable bonds is 4. The van der Waals surface area contributed by atoms with Gasteiger partial charge in [-0.3, -0.25) is 10.1 Å². The van der Waals surface area contributed by atoms with Crippen LogP contribution in [0, 0.1) is 19.6 Å². The normalized spacial score (nSPS) is 14.7. The number of non-ortho nitro benzene ring substituents is 1. The highest BCUT2D eigenvalue weighted by atomic mass is 127. The molecular formula is C12H15BrINO2. The van der Waals surface area contributed by atoms with Gasteiger partial charge in [-0.05, 0) is 40.0 Å². The van der Waals surface area contributed by atoms with Crippen molar-refractivity contribution in [2.75, 3.05) is 0 Å². The second-order valence-electron chi connectivity index (χ2n) is 4.41. The van der Waals surface area contributed by atoms with Gasteiger partial charge in [0, 0.05) is 20.5 Å². The molecule has 0 radical (unpaired) electrons. The van der Waals surface area contributed by atoms with Crippen molar-refractivity contribution in [1.29, 1.82) is 0 Å². The second kappa shape index (κ2) is 6.13. The molecule has 3 nitrogen and oxygen atoms in total. The van der Waals surface area contributed by atoms with E-state index in [4.69, 9.17) is 0 Å². The van der Waals surface area contributed by atoms with Crippen LogP contribution in [0.1, 0.15) is 32.3 Å². The van der Waals surface area contributed by atoms with Crippen LogP contribution in [0.4, 0.5) is 5.69 Å². The lowest BCUT2D eigenvalue weighted by molar-refractivity contribution is -0.385. The summed E-state index contributed by atoms with van der Waals surface area (Å²) in [5.41, 5.74) is 1.33. The molecule has 0 aliphatic carbocycles. The van der Waals surface area contributed by atoms with Crippen molar-refractivity contribution in [2.24, 2.45) is 5.92 Å². The van der Waals surface area contributed by atoms with Crippen LogP contribution in [0.5, 0.6) is 0 Å². The molecule has 17 heavy (non-hydrogen) atoms. The zero-order chi connectivity index (χ0) is 13.2. The van der Waals surface area contributed by atoms with Crippen molar-refractivity contribution in [3.05, 3.63) is 37.4 Å². The van der Waals surface area contributed by atoms with E-state index in [1.54, 1.807) is 12.1 Å². The zero-order valence-corrected chi connectivity index (χ0v) is 13.7. The van der Waals surface area contributed by atoms with Crippen LogP contribution >= 0.6 is 38.5 Å². The Hall–Kier alpha value is -0.170. The van der Waals surface area contributed by atoms with E-state index in [-0.39, 0.29) is 10.6 Å². The number of hydrogen-bond donors (Lipinski definition) is 0. The highest BCUT2D eigenvalue weighted by molar-refractivity contribution is 14.1. The Morgan fingerprint density at radius 1 is 1.35 bits per heavy atom. The Kier molecular flexibility index (Phi) is 5.37. The van der Waals surface area contributed by atoms with Crippen molar-refractivity contribution in [2.45, 2.75) is 31.5 Å². The van der Waals surface area contributed by atoms with Gasteiger partial charge in [0.05, 0.1) is 4.92 Å². The van der Waals surface area contributed by atoms with E-state index < -0.39 is 0 Å². The maximum atomic E-state index is 10.7. The van der Waals surface area contributed by atoms with E-state index in [1.807, 2.05) is 6.07 Å². The van der Waals surface area contributed by atoms with E-state index in [9.17, 15) is 10.1 Å². The van der Waals surface area contributed by atoms with Crippen LogP contribution in [0.3, 0.4) is 0 Å². The highest BCUT2D eigenvalue weighted by Crippen LogP contribution is 2.35. The van der Waals surface area contributed by atoms with Gasteiger partial charge in [-0.15, -0.1) is 0 Å². The van der Waals surface area contributed by atoms with Crippen LogP contribution in [0.25, 0.3) is 0 Å². The number of alkyl halides is 1. The van der Waals surface area contributed by atoms with Gasteiger partial charge < -0.3 is 0 Å². The van der Waals surface area contributed by atoms with E-state index in [2.05, 4.69) is 59.3 Å². The molecule has 0 bridgehead atoms. The monoisotopic (exact) mass is 411 g/mol. The molecule has 5 heteroatoms. The predicted octanol–water partition coefficient (Wildman–Crippen LogP) is 4.72. The van der Waals surface area contributed by atoms with Crippen LogP contribution in [0.15, 0.2) is 18.2 Å². The summed E-state index contributed by atoms with van der Waals surface area (Å²) in [6.45, 7) is 6.45. The largest absolute Gasteiger partial charge is 0.270 e. The molecule has 0 aromatic heterocycles. The molecule has 0 saturated heterocycles. The van der Waals surface area contributed by atoms with E-state index in [0.29, 0.717) is 16.7 Å². The van der Waals surface area contributed by atoms with Gasteiger partial charge in [-0.2, -0.15) is 0 Å². The molecule has 1 rings (SSSR count). The summed E-state index contributed by atoms with van der Waals surface area (Å²) in [6, 6.07) is 5.10. The first-order valence-corrected chi connectivity index (χ1v) is 7.42. The molecule has 0 N–H and O–H groups in total. The molecule has 0 aliphatic rings. The quantitative estimate of drug-likeness (QED) is 0.311. The Labute approximate surface area is 123 Å². The number of hydrogen-bond acceptors (Lipinski definition) is 2. The number of nitro benzene ring substituents is 1. The minimum atomic E-state index is -0.353. The van der Waals surface area contributed by atoms with Gasteiger partial charge in [0.1, 0.15) is 0 Å². The minimum absolute atomic E-state index is 0.155. The number of benzene rings is 1. The Balaban J connectivity index is 3.18. The molecule has 0 spiro atoms. The number of nitrogens with zero attached hydrogens (tertiary/aromatic N) is 1. The molecule has 0 fully saturated rings. The summed E-state index contributed by atoms with van der Waals surface area (Å²) in [5, 5.41) is 10.7. The van der Waals surface area contributed by atoms with Crippen molar-refractivity contribution in [3.63, 3.8) is 0 Å². The molecule has 1 aromatic carbocycles. The minimum Gasteiger partial charge on any atom is -0.258 e. The van der Waals surface area contributed by atoms with E-state index in [0.717, 1.165) is 3.57 Å². The van der Waals surface area contributed by atoms with Crippen molar-refractivity contribution in [1.82, 2.24) is 0 Å². The molecule has 0 aliphatic heterocycles. The molecule has 1 aromatic rings. The summed E-state index contributed by atoms with van der Waals surface area (Å²) in [7, 11) is 0. The third-order valence-electron chi connectivity index (χ3n) is 2.77. The Morgan fingerprint density at radius 3 is 2.29 bits per heavy atom. The van der Waals surface area contributed by atoms with Crippen LogP contribution in [-0.2, 0) is 0 Å². The first-order chi connectivity index (χ1) is 7.84. The second-order valence-corrected chi connectivity index (χ2v) is 7.02. The van der Waals surface area contributed by atoms with Gasteiger partial charge in [-0.1, -0.05) is 42.8 Å². The maximum absolute atomic E-state index is 10.7. The molecule has 2 atom stereocenters. The zero-order valence-electron chi connectivity index (χ0n) is 9.98. The highest BCUT2D eigenvalue weighted by Gasteiger charge is 2.24. The summed E-state index contributed by atoms with van der Waals surface area (Å²) in [5.74, 6) is 0.849. The summed E-state index contributed by atoms with van der Waals surface area (Å²) in [6.07, 6.45) is 0. The molecule has 2 unspecified atom stereocenters. The van der Waals surface area contributed by atoms with Crippen LogP contribution in [0.2, 0.25) is 0 Å².